The van der Waals surface area contributed by atoms with E-state index >= 15 is 0 Å². The third kappa shape index (κ3) is 2.66. The SMILES string of the molecule is Cc1c(C(=O)N(C)Cc2nc3ccsc3c(=O)[nH]2)oc2c1C(=O)CCC2. The molecular weight excluding hydrogens is 354 g/mol. The molecule has 3 aromatic heterocycles. The average molecular weight is 371 g/mol. The number of aryl methyl sites for hydroxylation is 1. The zero-order chi connectivity index (χ0) is 18.4. The lowest BCUT2D eigenvalue weighted by atomic mass is 9.94. The zero-order valence-electron chi connectivity index (χ0n) is 14.4. The predicted molar refractivity (Wildman–Crippen MR) is 96.8 cm³/mol. The largest absolute Gasteiger partial charge is 0.455 e. The number of ketones is 1. The number of carbonyl (C=O) groups is 2. The third-order valence-corrected chi connectivity index (χ3v) is 5.50. The highest BCUT2D eigenvalue weighted by Gasteiger charge is 2.30. The number of H-pyrrole nitrogens is 1. The smallest absolute Gasteiger partial charge is 0.290 e. The van der Waals surface area contributed by atoms with Crippen LogP contribution in [0.1, 0.15) is 50.9 Å². The number of rotatable bonds is 3. The van der Waals surface area contributed by atoms with Crippen LogP contribution in [-0.2, 0) is 13.0 Å². The fourth-order valence-electron chi connectivity index (χ4n) is 3.32. The van der Waals surface area contributed by atoms with Crippen LogP contribution >= 0.6 is 11.3 Å². The fraction of sp³-hybridized carbons (Fsp3) is 0.333. The summed E-state index contributed by atoms with van der Waals surface area (Å²) >= 11 is 1.33. The summed E-state index contributed by atoms with van der Waals surface area (Å²) in [7, 11) is 1.61. The van der Waals surface area contributed by atoms with Gasteiger partial charge >= 0.3 is 0 Å². The van der Waals surface area contributed by atoms with Crippen LogP contribution < -0.4 is 5.56 Å². The van der Waals surface area contributed by atoms with Crippen molar-refractivity contribution >= 4 is 33.2 Å². The maximum atomic E-state index is 12.8. The topological polar surface area (TPSA) is 96.3 Å². The first-order valence-corrected chi connectivity index (χ1v) is 9.21. The molecule has 0 fully saturated rings. The Labute approximate surface area is 152 Å². The molecule has 4 rings (SSSR count). The first-order chi connectivity index (χ1) is 12.5. The van der Waals surface area contributed by atoms with E-state index in [2.05, 4.69) is 9.97 Å². The number of furan rings is 1. The molecule has 0 unspecified atom stereocenters. The van der Waals surface area contributed by atoms with Crippen LogP contribution in [0, 0.1) is 6.92 Å². The minimum absolute atomic E-state index is 0.0307. The van der Waals surface area contributed by atoms with Gasteiger partial charge in [-0.1, -0.05) is 0 Å². The Morgan fingerprint density at radius 3 is 2.96 bits per heavy atom. The normalized spacial score (nSPS) is 13.8. The van der Waals surface area contributed by atoms with E-state index in [-0.39, 0.29) is 29.6 Å². The summed E-state index contributed by atoms with van der Waals surface area (Å²) in [5.74, 6) is 0.885. The second kappa shape index (κ2) is 6.21. The molecule has 134 valence electrons. The maximum absolute atomic E-state index is 12.8. The minimum atomic E-state index is -0.335. The van der Waals surface area contributed by atoms with Crippen LogP contribution in [0.25, 0.3) is 10.2 Å². The number of hydrogen-bond donors (Lipinski definition) is 1. The molecule has 8 heteroatoms. The van der Waals surface area contributed by atoms with Gasteiger partial charge < -0.3 is 14.3 Å². The minimum Gasteiger partial charge on any atom is -0.455 e. The molecule has 0 saturated carbocycles. The van der Waals surface area contributed by atoms with Gasteiger partial charge in [0.05, 0.1) is 17.6 Å². The van der Waals surface area contributed by atoms with Gasteiger partial charge in [0.1, 0.15) is 16.3 Å². The van der Waals surface area contributed by atoms with Crippen LogP contribution in [0.3, 0.4) is 0 Å². The summed E-state index contributed by atoms with van der Waals surface area (Å²) in [4.78, 5) is 45.5. The Kier molecular flexibility index (Phi) is 3.99. The Balaban J connectivity index is 1.62. The predicted octanol–water partition coefficient (Wildman–Crippen LogP) is 2.68. The first-order valence-electron chi connectivity index (χ1n) is 8.33. The molecule has 0 bridgehead atoms. The Morgan fingerprint density at radius 1 is 1.38 bits per heavy atom. The molecule has 0 aromatic carbocycles. The van der Waals surface area contributed by atoms with E-state index in [4.69, 9.17) is 4.42 Å². The maximum Gasteiger partial charge on any atom is 0.290 e. The molecule has 0 radical (unpaired) electrons. The lowest BCUT2D eigenvalue weighted by Gasteiger charge is -2.15. The summed E-state index contributed by atoms with van der Waals surface area (Å²) in [5, 5.41) is 1.80. The number of nitrogens with zero attached hydrogens (tertiary/aromatic N) is 2. The van der Waals surface area contributed by atoms with E-state index in [0.717, 1.165) is 6.42 Å². The number of amides is 1. The second-order valence-corrected chi connectivity index (χ2v) is 7.36. The Morgan fingerprint density at radius 2 is 2.19 bits per heavy atom. The molecule has 0 saturated heterocycles. The van der Waals surface area contributed by atoms with Crippen molar-refractivity contribution in [1.29, 1.82) is 0 Å². The van der Waals surface area contributed by atoms with Gasteiger partial charge in [0.25, 0.3) is 11.5 Å². The van der Waals surface area contributed by atoms with Crippen molar-refractivity contribution in [3.05, 3.63) is 50.3 Å². The van der Waals surface area contributed by atoms with Crippen molar-refractivity contribution in [1.82, 2.24) is 14.9 Å². The summed E-state index contributed by atoms with van der Waals surface area (Å²) < 4.78 is 6.27. The molecule has 1 aliphatic carbocycles. The van der Waals surface area contributed by atoms with Gasteiger partial charge in [-0.3, -0.25) is 14.4 Å². The van der Waals surface area contributed by atoms with Crippen molar-refractivity contribution in [2.24, 2.45) is 0 Å². The van der Waals surface area contributed by atoms with Gasteiger partial charge in [-0.15, -0.1) is 11.3 Å². The van der Waals surface area contributed by atoms with Gasteiger partial charge in [0.2, 0.25) is 0 Å². The standard InChI is InChI=1S/C18H17N3O4S/c1-9-14-11(22)4-3-5-12(14)25-15(9)18(24)21(2)8-13-19-10-6-7-26-16(10)17(23)20-13/h6-7H,3-5,8H2,1-2H3,(H,19,20,23). The monoisotopic (exact) mass is 371 g/mol. The van der Waals surface area contributed by atoms with Crippen molar-refractivity contribution in [3.8, 4) is 0 Å². The second-order valence-electron chi connectivity index (χ2n) is 6.44. The Bertz CT molecular complexity index is 1090. The summed E-state index contributed by atoms with van der Waals surface area (Å²) in [6, 6.07) is 1.77. The lowest BCUT2D eigenvalue weighted by molar-refractivity contribution is 0.0746. The highest BCUT2D eigenvalue weighted by Crippen LogP contribution is 2.30. The number of nitrogens with one attached hydrogen (secondary N) is 1. The summed E-state index contributed by atoms with van der Waals surface area (Å²) in [6.45, 7) is 1.88. The van der Waals surface area contributed by atoms with Crippen LogP contribution in [0.4, 0.5) is 0 Å². The van der Waals surface area contributed by atoms with E-state index in [1.807, 2.05) is 0 Å². The highest BCUT2D eigenvalue weighted by atomic mass is 32.1. The number of aromatic amines is 1. The fourth-order valence-corrected chi connectivity index (χ4v) is 4.04. The van der Waals surface area contributed by atoms with E-state index in [1.54, 1.807) is 25.4 Å². The lowest BCUT2D eigenvalue weighted by Crippen LogP contribution is -2.28. The molecule has 0 spiro atoms. The van der Waals surface area contributed by atoms with Gasteiger partial charge in [0.15, 0.2) is 11.5 Å². The van der Waals surface area contributed by atoms with Crippen molar-refractivity contribution in [2.45, 2.75) is 32.7 Å². The number of thiophene rings is 1. The molecule has 0 atom stereocenters. The summed E-state index contributed by atoms with van der Waals surface area (Å²) in [5.41, 5.74) is 1.55. The summed E-state index contributed by atoms with van der Waals surface area (Å²) in [6.07, 6.45) is 1.90. The highest BCUT2D eigenvalue weighted by molar-refractivity contribution is 7.17. The van der Waals surface area contributed by atoms with Crippen molar-refractivity contribution in [3.63, 3.8) is 0 Å². The van der Waals surface area contributed by atoms with E-state index < -0.39 is 0 Å². The molecule has 3 heterocycles. The van der Waals surface area contributed by atoms with Crippen LogP contribution in [0.15, 0.2) is 20.7 Å². The zero-order valence-corrected chi connectivity index (χ0v) is 15.2. The average Bonchev–Trinajstić information content (AvgIpc) is 3.20. The molecule has 26 heavy (non-hydrogen) atoms. The van der Waals surface area contributed by atoms with Gasteiger partial charge in [-0.05, 0) is 24.8 Å². The number of Topliss-reactive ketones (excluding diaryl/α,β-unsaturated/α-hetero) is 1. The van der Waals surface area contributed by atoms with Gasteiger partial charge in [-0.25, -0.2) is 4.98 Å². The van der Waals surface area contributed by atoms with Gasteiger partial charge in [0, 0.05) is 25.5 Å². The van der Waals surface area contributed by atoms with Crippen LogP contribution in [-0.4, -0.2) is 33.6 Å². The molecule has 1 aliphatic rings. The first kappa shape index (κ1) is 16.7. The molecule has 1 N–H and O–H groups in total. The number of hydrogen-bond acceptors (Lipinski definition) is 6. The van der Waals surface area contributed by atoms with Crippen LogP contribution in [0.5, 0.6) is 0 Å². The van der Waals surface area contributed by atoms with Crippen molar-refractivity contribution in [2.75, 3.05) is 7.05 Å². The number of fused-ring (bicyclic) bond motifs is 2. The Hall–Kier alpha value is -2.74. The molecular formula is C18H17N3O4S. The van der Waals surface area contributed by atoms with E-state index in [0.29, 0.717) is 45.8 Å². The third-order valence-electron chi connectivity index (χ3n) is 4.60. The van der Waals surface area contributed by atoms with E-state index in [9.17, 15) is 14.4 Å². The molecule has 3 aromatic rings. The number of carbonyl (C=O) groups excluding carboxylic acids is 2. The van der Waals surface area contributed by atoms with Gasteiger partial charge in [-0.2, -0.15) is 0 Å². The van der Waals surface area contributed by atoms with Crippen LogP contribution in [0.2, 0.25) is 0 Å². The quantitative estimate of drug-likeness (QED) is 0.763. The van der Waals surface area contributed by atoms with E-state index in [1.165, 1.54) is 16.2 Å². The molecule has 7 nitrogen and oxygen atoms in total. The van der Waals surface area contributed by atoms with Crippen molar-refractivity contribution < 1.29 is 14.0 Å². The number of aromatic nitrogens is 2. The molecule has 1 amide bonds. The molecule has 0 aliphatic heterocycles.